The van der Waals surface area contributed by atoms with Gasteiger partial charge < -0.3 is 10.1 Å². The lowest BCUT2D eigenvalue weighted by molar-refractivity contribution is -0.387. The summed E-state index contributed by atoms with van der Waals surface area (Å²) in [5, 5.41) is 2.56. The number of rotatable bonds is 4. The molecule has 2 amide bonds. The molecule has 0 bridgehead atoms. The minimum atomic E-state index is -5.84. The van der Waals surface area contributed by atoms with Crippen LogP contribution in [0.2, 0.25) is 0 Å². The van der Waals surface area contributed by atoms with Crippen molar-refractivity contribution in [1.29, 1.82) is 0 Å². The van der Waals surface area contributed by atoms with Gasteiger partial charge in [-0.25, -0.2) is 4.79 Å². The Labute approximate surface area is 98.7 Å². The Bertz CT molecular complexity index is 274. The average molecular weight is 282 g/mol. The van der Waals surface area contributed by atoms with Crippen molar-refractivity contribution in [3.05, 3.63) is 0 Å². The Balaban J connectivity index is 5.43. The molecule has 10 heteroatoms. The molecule has 0 saturated carbocycles. The highest BCUT2D eigenvalue weighted by Crippen LogP contribution is 2.43. The van der Waals surface area contributed by atoms with Crippen molar-refractivity contribution in [3.63, 3.8) is 0 Å². The third kappa shape index (κ3) is 3.40. The van der Waals surface area contributed by atoms with E-state index >= 15 is 0 Å². The quantitative estimate of drug-likeness (QED) is 0.613. The summed E-state index contributed by atoms with van der Waals surface area (Å²) in [6.07, 6.45) is -11.7. The van der Waals surface area contributed by atoms with Gasteiger partial charge in [0.25, 0.3) is 0 Å². The lowest BCUT2D eigenvalue weighted by atomic mass is 10.2. The zero-order valence-corrected chi connectivity index (χ0v) is 9.50. The van der Waals surface area contributed by atoms with E-state index in [1.807, 2.05) is 0 Å². The number of carbonyl (C=O) groups is 1. The van der Waals surface area contributed by atoms with Crippen LogP contribution in [-0.4, -0.2) is 37.3 Å². The molecule has 0 atom stereocenters. The summed E-state index contributed by atoms with van der Waals surface area (Å²) in [6, 6.07) is -1.62. The molecule has 0 aromatic heterocycles. The minimum absolute atomic E-state index is 0.135. The van der Waals surface area contributed by atoms with Gasteiger partial charge in [-0.3, -0.25) is 5.32 Å². The Morgan fingerprint density at radius 2 is 1.50 bits per heavy atom. The standard InChI is InChI=1S/C8H12F6N2O2/c1-3-15-5(17)16-6(18-4-2,7(9,10)11)8(12,13)14/h3-4H2,1-2H3,(H2,15,16,17). The van der Waals surface area contributed by atoms with Gasteiger partial charge in [-0.2, -0.15) is 26.3 Å². The van der Waals surface area contributed by atoms with Crippen LogP contribution in [0.1, 0.15) is 13.8 Å². The number of hydrogen-bond acceptors (Lipinski definition) is 2. The molecule has 0 aromatic carbocycles. The molecule has 0 aromatic rings. The fraction of sp³-hybridized carbons (Fsp3) is 0.875. The molecule has 108 valence electrons. The molecule has 0 aliphatic carbocycles. The van der Waals surface area contributed by atoms with Gasteiger partial charge in [-0.1, -0.05) is 0 Å². The number of nitrogens with one attached hydrogen (secondary N) is 2. The first-order chi connectivity index (χ1) is 8.02. The van der Waals surface area contributed by atoms with Gasteiger partial charge in [-0.15, -0.1) is 0 Å². The predicted octanol–water partition coefficient (Wildman–Crippen LogP) is 2.16. The summed E-state index contributed by atoms with van der Waals surface area (Å²) < 4.78 is 79.2. The lowest BCUT2D eigenvalue weighted by Gasteiger charge is -2.36. The van der Waals surface area contributed by atoms with E-state index in [9.17, 15) is 31.1 Å². The van der Waals surface area contributed by atoms with Crippen molar-refractivity contribution in [2.45, 2.75) is 31.9 Å². The van der Waals surface area contributed by atoms with Crippen LogP contribution in [0.3, 0.4) is 0 Å². The molecule has 0 heterocycles. The third-order valence-corrected chi connectivity index (χ3v) is 1.79. The highest BCUT2D eigenvalue weighted by molar-refractivity contribution is 5.74. The molecule has 18 heavy (non-hydrogen) atoms. The largest absolute Gasteiger partial charge is 0.446 e. The highest BCUT2D eigenvalue weighted by Gasteiger charge is 2.73. The summed E-state index contributed by atoms with van der Waals surface area (Å²) >= 11 is 0. The molecule has 0 saturated heterocycles. The monoisotopic (exact) mass is 282 g/mol. The molecule has 0 aliphatic heterocycles. The minimum Gasteiger partial charge on any atom is -0.341 e. The first-order valence-electron chi connectivity index (χ1n) is 4.85. The van der Waals surface area contributed by atoms with Crippen LogP contribution in [0.5, 0.6) is 0 Å². The molecule has 0 spiro atoms. The normalized spacial score (nSPS) is 13.3. The highest BCUT2D eigenvalue weighted by atomic mass is 19.4. The molecule has 0 aliphatic rings. The Hall–Kier alpha value is -1.19. The van der Waals surface area contributed by atoms with E-state index < -0.39 is 30.7 Å². The first kappa shape index (κ1) is 16.8. The second-order valence-corrected chi connectivity index (χ2v) is 3.09. The molecular weight excluding hydrogens is 270 g/mol. The van der Waals surface area contributed by atoms with E-state index in [0.29, 0.717) is 0 Å². The van der Waals surface area contributed by atoms with Crippen molar-refractivity contribution in [2.75, 3.05) is 13.2 Å². The number of carbonyl (C=O) groups excluding carboxylic acids is 1. The van der Waals surface area contributed by atoms with Gasteiger partial charge in [0.2, 0.25) is 0 Å². The van der Waals surface area contributed by atoms with Crippen molar-refractivity contribution >= 4 is 6.03 Å². The summed E-state index contributed by atoms with van der Waals surface area (Å²) in [6.45, 7) is 1.27. The van der Waals surface area contributed by atoms with E-state index in [4.69, 9.17) is 0 Å². The second kappa shape index (κ2) is 5.63. The van der Waals surface area contributed by atoms with Crippen molar-refractivity contribution in [1.82, 2.24) is 10.6 Å². The van der Waals surface area contributed by atoms with E-state index in [0.717, 1.165) is 12.2 Å². The fourth-order valence-electron chi connectivity index (χ4n) is 1.08. The maximum atomic E-state index is 12.6. The molecule has 0 radical (unpaired) electrons. The van der Waals surface area contributed by atoms with Crippen LogP contribution in [0.4, 0.5) is 31.1 Å². The number of amides is 2. The van der Waals surface area contributed by atoms with Crippen LogP contribution in [0.25, 0.3) is 0 Å². The Kier molecular flexibility index (Phi) is 5.26. The van der Waals surface area contributed by atoms with Gasteiger partial charge in [0.15, 0.2) is 0 Å². The number of ether oxygens (including phenoxy) is 1. The van der Waals surface area contributed by atoms with Gasteiger partial charge >= 0.3 is 24.1 Å². The summed E-state index contributed by atoms with van der Waals surface area (Å²) in [5.41, 5.74) is -4.71. The smallest absolute Gasteiger partial charge is 0.341 e. The van der Waals surface area contributed by atoms with Crippen LogP contribution in [-0.2, 0) is 4.74 Å². The van der Waals surface area contributed by atoms with E-state index in [-0.39, 0.29) is 6.54 Å². The Morgan fingerprint density at radius 3 is 1.78 bits per heavy atom. The number of halogens is 6. The van der Waals surface area contributed by atoms with Gasteiger partial charge in [0, 0.05) is 13.2 Å². The zero-order chi connectivity index (χ0) is 14.6. The maximum Gasteiger partial charge on any atom is 0.446 e. The Morgan fingerprint density at radius 1 is 1.06 bits per heavy atom. The van der Waals surface area contributed by atoms with Gasteiger partial charge in [0.1, 0.15) is 0 Å². The summed E-state index contributed by atoms with van der Waals surface area (Å²) in [4.78, 5) is 10.9. The molecule has 2 N–H and O–H groups in total. The summed E-state index contributed by atoms with van der Waals surface area (Å²) in [5.74, 6) is 0. The third-order valence-electron chi connectivity index (χ3n) is 1.79. The predicted molar refractivity (Wildman–Crippen MR) is 48.7 cm³/mol. The van der Waals surface area contributed by atoms with E-state index in [1.54, 1.807) is 5.32 Å². The van der Waals surface area contributed by atoms with Gasteiger partial charge in [-0.05, 0) is 13.8 Å². The van der Waals surface area contributed by atoms with E-state index in [1.165, 1.54) is 6.92 Å². The SMILES string of the molecule is CCNC(=O)NC(OCC)(C(F)(F)F)C(F)(F)F. The molecule has 0 unspecified atom stereocenters. The fourth-order valence-corrected chi connectivity index (χ4v) is 1.08. The maximum absolute atomic E-state index is 12.6. The first-order valence-corrected chi connectivity index (χ1v) is 4.85. The van der Waals surface area contributed by atoms with Crippen LogP contribution >= 0.6 is 0 Å². The molecular formula is C8H12F6N2O2. The second-order valence-electron chi connectivity index (χ2n) is 3.09. The molecule has 0 fully saturated rings. The lowest BCUT2D eigenvalue weighted by Crippen LogP contribution is -2.70. The van der Waals surface area contributed by atoms with E-state index in [2.05, 4.69) is 4.74 Å². The topological polar surface area (TPSA) is 50.4 Å². The van der Waals surface area contributed by atoms with Crippen LogP contribution in [0, 0.1) is 0 Å². The molecule has 4 nitrogen and oxygen atoms in total. The number of urea groups is 1. The van der Waals surface area contributed by atoms with Gasteiger partial charge in [0.05, 0.1) is 0 Å². The zero-order valence-electron chi connectivity index (χ0n) is 9.50. The van der Waals surface area contributed by atoms with Crippen molar-refractivity contribution in [2.24, 2.45) is 0 Å². The van der Waals surface area contributed by atoms with Crippen molar-refractivity contribution in [3.8, 4) is 0 Å². The molecule has 0 rings (SSSR count). The number of hydrogen-bond donors (Lipinski definition) is 2. The van der Waals surface area contributed by atoms with Crippen molar-refractivity contribution < 1.29 is 35.9 Å². The summed E-state index contributed by atoms with van der Waals surface area (Å²) in [7, 11) is 0. The van der Waals surface area contributed by atoms with Crippen LogP contribution < -0.4 is 10.6 Å². The average Bonchev–Trinajstić information content (AvgIpc) is 2.13. The van der Waals surface area contributed by atoms with Crippen LogP contribution in [0.15, 0.2) is 0 Å². The number of alkyl halides is 6.